The topological polar surface area (TPSA) is 55.4 Å². The second-order valence-electron chi connectivity index (χ2n) is 6.89. The molecule has 7 heteroatoms. The second-order valence-corrected chi connectivity index (χ2v) is 6.89. The van der Waals surface area contributed by atoms with E-state index in [1.165, 1.54) is 25.0 Å². The fourth-order valence-electron chi connectivity index (χ4n) is 4.07. The van der Waals surface area contributed by atoms with Crippen molar-refractivity contribution in [1.29, 1.82) is 0 Å². The summed E-state index contributed by atoms with van der Waals surface area (Å²) in [5.74, 6) is 0.366. The Hall–Kier alpha value is -2.05. The minimum Gasteiger partial charge on any atom is -0.456 e. The minimum atomic E-state index is -4.57. The van der Waals surface area contributed by atoms with Gasteiger partial charge in [-0.05, 0) is 49.1 Å². The molecule has 0 spiro atoms. The first-order valence-electron chi connectivity index (χ1n) is 8.44. The Balaban J connectivity index is 1.48. The summed E-state index contributed by atoms with van der Waals surface area (Å²) in [5, 5.41) is 2.16. The highest BCUT2D eigenvalue weighted by Crippen LogP contribution is 2.49. The van der Waals surface area contributed by atoms with Gasteiger partial charge in [-0.15, -0.1) is 0 Å². The molecule has 0 aliphatic heterocycles. The lowest BCUT2D eigenvalue weighted by Gasteiger charge is -2.20. The summed E-state index contributed by atoms with van der Waals surface area (Å²) in [6, 6.07) is 4.69. The van der Waals surface area contributed by atoms with Crippen molar-refractivity contribution >= 4 is 17.6 Å². The third kappa shape index (κ3) is 4.32. The molecule has 4 nitrogen and oxygen atoms in total. The summed E-state index contributed by atoms with van der Waals surface area (Å²) in [6.07, 6.45) is 0.308. The van der Waals surface area contributed by atoms with E-state index in [4.69, 9.17) is 4.74 Å². The van der Waals surface area contributed by atoms with E-state index < -0.39 is 30.2 Å². The van der Waals surface area contributed by atoms with Crippen molar-refractivity contribution in [3.05, 3.63) is 29.8 Å². The molecule has 0 aromatic heterocycles. The first-order chi connectivity index (χ1) is 11.8. The summed E-state index contributed by atoms with van der Waals surface area (Å²) in [6.45, 7) is -0.578. The number of benzene rings is 1. The van der Waals surface area contributed by atoms with Crippen LogP contribution < -0.4 is 5.32 Å². The van der Waals surface area contributed by atoms with Crippen molar-refractivity contribution in [2.24, 2.45) is 17.8 Å². The molecule has 2 bridgehead atoms. The van der Waals surface area contributed by atoms with Gasteiger partial charge in [0.1, 0.15) is 0 Å². The Bertz CT molecular complexity index is 659. The summed E-state index contributed by atoms with van der Waals surface area (Å²) in [5.41, 5.74) is -1.28. The average molecular weight is 355 g/mol. The maximum atomic E-state index is 12.9. The van der Waals surface area contributed by atoms with Gasteiger partial charge in [0, 0.05) is 6.42 Å². The third-order valence-electron chi connectivity index (χ3n) is 5.18. The maximum absolute atomic E-state index is 12.9. The maximum Gasteiger partial charge on any atom is 0.418 e. The molecule has 0 saturated heterocycles. The lowest BCUT2D eigenvalue weighted by Crippen LogP contribution is -2.24. The summed E-state index contributed by atoms with van der Waals surface area (Å²) in [7, 11) is 0. The number of amides is 1. The highest BCUT2D eigenvalue weighted by Gasteiger charge is 2.40. The van der Waals surface area contributed by atoms with Crippen LogP contribution in [-0.4, -0.2) is 18.5 Å². The number of anilines is 1. The van der Waals surface area contributed by atoms with Crippen molar-refractivity contribution in [3.8, 4) is 0 Å². The normalized spacial score (nSPS) is 25.0. The van der Waals surface area contributed by atoms with Crippen molar-refractivity contribution < 1.29 is 27.5 Å². The first kappa shape index (κ1) is 17.8. The average Bonchev–Trinajstić information content (AvgIpc) is 3.15. The van der Waals surface area contributed by atoms with E-state index in [1.807, 2.05) is 0 Å². The van der Waals surface area contributed by atoms with Crippen molar-refractivity contribution in [2.45, 2.75) is 38.3 Å². The molecule has 2 saturated carbocycles. The number of carbonyl (C=O) groups excluding carboxylic acids is 2. The Morgan fingerprint density at radius 2 is 1.92 bits per heavy atom. The molecule has 25 heavy (non-hydrogen) atoms. The van der Waals surface area contributed by atoms with Crippen LogP contribution in [0.1, 0.15) is 37.7 Å². The van der Waals surface area contributed by atoms with Crippen molar-refractivity contribution in [2.75, 3.05) is 11.9 Å². The van der Waals surface area contributed by atoms with Crippen LogP contribution in [0.15, 0.2) is 24.3 Å². The molecule has 0 unspecified atom stereocenters. The van der Waals surface area contributed by atoms with Gasteiger partial charge >= 0.3 is 12.1 Å². The molecule has 1 N–H and O–H groups in total. The van der Waals surface area contributed by atoms with E-state index in [2.05, 4.69) is 5.32 Å². The Morgan fingerprint density at radius 1 is 1.16 bits per heavy atom. The number of alkyl halides is 3. The second kappa shape index (κ2) is 7.06. The largest absolute Gasteiger partial charge is 0.456 e. The number of hydrogen-bond donors (Lipinski definition) is 1. The molecule has 0 heterocycles. The fourth-order valence-corrected chi connectivity index (χ4v) is 4.07. The molecule has 3 atom stereocenters. The van der Waals surface area contributed by atoms with Crippen LogP contribution in [0.2, 0.25) is 0 Å². The molecular formula is C18H20F3NO3. The standard InChI is InChI=1S/C18H20F3NO3/c19-18(20,21)14-3-1-2-4-15(14)22-16(23)10-25-17(24)9-13-8-11-5-6-12(13)7-11/h1-4,11-13H,5-10H2,(H,22,23)/t11-,12-,13-/m1/s1. The number of para-hydroxylation sites is 1. The summed E-state index contributed by atoms with van der Waals surface area (Å²) < 4.78 is 43.6. The van der Waals surface area contributed by atoms with Crippen LogP contribution in [0.4, 0.5) is 18.9 Å². The van der Waals surface area contributed by atoms with E-state index in [-0.39, 0.29) is 12.1 Å². The van der Waals surface area contributed by atoms with Gasteiger partial charge in [0.15, 0.2) is 6.61 Å². The molecule has 2 aliphatic carbocycles. The van der Waals surface area contributed by atoms with E-state index in [9.17, 15) is 22.8 Å². The number of rotatable bonds is 5. The fraction of sp³-hybridized carbons (Fsp3) is 0.556. The van der Waals surface area contributed by atoms with Crippen molar-refractivity contribution in [3.63, 3.8) is 0 Å². The van der Waals surface area contributed by atoms with Gasteiger partial charge in [-0.2, -0.15) is 13.2 Å². The Kier molecular flexibility index (Phi) is 5.01. The van der Waals surface area contributed by atoms with Gasteiger partial charge in [-0.3, -0.25) is 9.59 Å². The number of carbonyl (C=O) groups is 2. The highest BCUT2D eigenvalue weighted by atomic mass is 19.4. The lowest BCUT2D eigenvalue weighted by molar-refractivity contribution is -0.148. The van der Waals surface area contributed by atoms with Gasteiger partial charge in [0.05, 0.1) is 11.3 Å². The molecule has 3 rings (SSSR count). The van der Waals surface area contributed by atoms with E-state index in [0.717, 1.165) is 25.0 Å². The predicted molar refractivity (Wildman–Crippen MR) is 84.6 cm³/mol. The van der Waals surface area contributed by atoms with Crippen LogP contribution in [0.5, 0.6) is 0 Å². The molecule has 136 valence electrons. The number of esters is 1. The van der Waals surface area contributed by atoms with Crippen molar-refractivity contribution in [1.82, 2.24) is 0 Å². The lowest BCUT2D eigenvalue weighted by atomic mass is 9.86. The molecule has 1 aromatic rings. The molecular weight excluding hydrogens is 335 g/mol. The van der Waals surface area contributed by atoms with E-state index >= 15 is 0 Å². The van der Waals surface area contributed by atoms with Crippen LogP contribution in [0.25, 0.3) is 0 Å². The molecule has 0 radical (unpaired) electrons. The zero-order valence-electron chi connectivity index (χ0n) is 13.6. The number of halogens is 3. The van der Waals surface area contributed by atoms with Crippen LogP contribution in [0.3, 0.4) is 0 Å². The smallest absolute Gasteiger partial charge is 0.418 e. The number of nitrogens with one attached hydrogen (secondary N) is 1. The molecule has 1 aromatic carbocycles. The number of hydrogen-bond acceptors (Lipinski definition) is 3. The number of ether oxygens (including phenoxy) is 1. The predicted octanol–water partition coefficient (Wildman–Crippen LogP) is 4.01. The van der Waals surface area contributed by atoms with Gasteiger partial charge in [0.2, 0.25) is 0 Å². The number of fused-ring (bicyclic) bond motifs is 2. The molecule has 2 fully saturated rings. The quantitative estimate of drug-likeness (QED) is 0.812. The zero-order valence-corrected chi connectivity index (χ0v) is 13.6. The van der Waals surface area contributed by atoms with E-state index in [0.29, 0.717) is 17.8 Å². The van der Waals surface area contributed by atoms with Crippen LogP contribution in [-0.2, 0) is 20.5 Å². The minimum absolute atomic E-state index is 0.285. The van der Waals surface area contributed by atoms with Gasteiger partial charge < -0.3 is 10.1 Å². The Labute approximate surface area is 143 Å². The first-order valence-corrected chi connectivity index (χ1v) is 8.44. The van der Waals surface area contributed by atoms with Gasteiger partial charge in [-0.25, -0.2) is 0 Å². The molecule has 2 aliphatic rings. The van der Waals surface area contributed by atoms with Gasteiger partial charge in [-0.1, -0.05) is 18.6 Å². The SMILES string of the molecule is O=C(COC(=O)C[C@H]1C[C@@H]2CC[C@@H]1C2)Nc1ccccc1C(F)(F)F. The highest BCUT2D eigenvalue weighted by molar-refractivity contribution is 5.93. The summed E-state index contributed by atoms with van der Waals surface area (Å²) >= 11 is 0. The Morgan fingerprint density at radius 3 is 2.56 bits per heavy atom. The zero-order chi connectivity index (χ0) is 18.0. The van der Waals surface area contributed by atoms with E-state index in [1.54, 1.807) is 0 Å². The third-order valence-corrected chi connectivity index (χ3v) is 5.18. The summed E-state index contributed by atoms with van der Waals surface area (Å²) in [4.78, 5) is 23.7. The molecule has 1 amide bonds. The van der Waals surface area contributed by atoms with Gasteiger partial charge in [0.25, 0.3) is 5.91 Å². The van der Waals surface area contributed by atoms with Crippen LogP contribution >= 0.6 is 0 Å². The van der Waals surface area contributed by atoms with Crippen LogP contribution in [0, 0.1) is 17.8 Å². The monoisotopic (exact) mass is 355 g/mol.